The summed E-state index contributed by atoms with van der Waals surface area (Å²) < 4.78 is 10.8. The summed E-state index contributed by atoms with van der Waals surface area (Å²) in [5, 5.41) is 23.5. The van der Waals surface area contributed by atoms with Gasteiger partial charge in [0.2, 0.25) is 5.89 Å². The minimum atomic E-state index is -0.590. The Balaban J connectivity index is 1.64. The fourth-order valence-electron chi connectivity index (χ4n) is 3.13. The van der Waals surface area contributed by atoms with E-state index in [-0.39, 0.29) is 17.0 Å². The number of anilines is 1. The number of benzene rings is 3. The average molecular weight is 431 g/mol. The Morgan fingerprint density at radius 3 is 2.53 bits per heavy atom. The molecule has 162 valence electrons. The van der Waals surface area contributed by atoms with Gasteiger partial charge in [-0.2, -0.15) is 0 Å². The fraction of sp³-hybridized carbons (Fsp3) is 0.130. The van der Waals surface area contributed by atoms with Crippen LogP contribution in [0.25, 0.3) is 22.6 Å². The first kappa shape index (κ1) is 20.9. The van der Waals surface area contributed by atoms with Crippen molar-refractivity contribution in [3.63, 3.8) is 0 Å². The molecule has 4 rings (SSSR count). The maximum absolute atomic E-state index is 12.4. The molecule has 0 N–H and O–H groups in total. The van der Waals surface area contributed by atoms with Gasteiger partial charge in [0.15, 0.2) is 5.58 Å². The minimum absolute atomic E-state index is 0.0537. The number of fused-ring (bicyclic) bond motifs is 1. The van der Waals surface area contributed by atoms with Gasteiger partial charge in [0, 0.05) is 37.6 Å². The van der Waals surface area contributed by atoms with Crippen LogP contribution in [0, 0.1) is 10.1 Å². The highest BCUT2D eigenvalue weighted by molar-refractivity contribution is 5.89. The number of non-ortho nitro benzene ring substituents is 1. The van der Waals surface area contributed by atoms with Gasteiger partial charge in [0.1, 0.15) is 11.3 Å². The molecule has 9 heteroatoms. The average Bonchev–Trinajstić information content (AvgIpc) is 3.21. The Hall–Kier alpha value is -4.40. The van der Waals surface area contributed by atoms with Gasteiger partial charge in [-0.25, -0.2) is 4.98 Å². The zero-order valence-electron chi connectivity index (χ0n) is 17.6. The Morgan fingerprint density at radius 1 is 1.12 bits per heavy atom. The fourth-order valence-corrected chi connectivity index (χ4v) is 3.13. The molecule has 0 aliphatic carbocycles. The van der Waals surface area contributed by atoms with Crippen LogP contribution in [0.5, 0.6) is 11.5 Å². The van der Waals surface area contributed by atoms with Crippen molar-refractivity contribution < 1.29 is 19.2 Å². The van der Waals surface area contributed by atoms with E-state index in [2.05, 4.69) is 9.98 Å². The highest BCUT2D eigenvalue weighted by atomic mass is 16.6. The zero-order chi connectivity index (χ0) is 22.8. The van der Waals surface area contributed by atoms with E-state index in [1.54, 1.807) is 18.2 Å². The monoisotopic (exact) mass is 431 g/mol. The van der Waals surface area contributed by atoms with Crippen molar-refractivity contribution in [3.05, 3.63) is 70.3 Å². The molecule has 0 radical (unpaired) electrons. The van der Waals surface area contributed by atoms with E-state index in [0.29, 0.717) is 22.7 Å². The van der Waals surface area contributed by atoms with Gasteiger partial charge in [-0.1, -0.05) is 5.75 Å². The first-order valence-electron chi connectivity index (χ1n) is 9.61. The smallest absolute Gasteiger partial charge is 0.273 e. The molecule has 0 saturated carbocycles. The third-order valence-electron chi connectivity index (χ3n) is 4.85. The summed E-state index contributed by atoms with van der Waals surface area (Å²) in [6.07, 6.45) is 1.28. The molecule has 9 nitrogen and oxygen atoms in total. The van der Waals surface area contributed by atoms with Crippen LogP contribution in [0.4, 0.5) is 17.1 Å². The van der Waals surface area contributed by atoms with Crippen LogP contribution in [0.15, 0.2) is 64.0 Å². The highest BCUT2D eigenvalue weighted by Gasteiger charge is 2.12. The van der Waals surface area contributed by atoms with Gasteiger partial charge in [-0.3, -0.25) is 15.1 Å². The molecule has 0 bridgehead atoms. The number of nitro benzene ring substituents is 1. The minimum Gasteiger partial charge on any atom is -0.870 e. The van der Waals surface area contributed by atoms with E-state index in [1.165, 1.54) is 19.4 Å². The molecule has 3 aromatic carbocycles. The molecule has 0 spiro atoms. The number of aliphatic imine (C=N–C) groups is 1. The molecule has 0 amide bonds. The van der Waals surface area contributed by atoms with Crippen molar-refractivity contribution in [1.29, 1.82) is 0 Å². The Labute approximate surface area is 183 Å². The first-order chi connectivity index (χ1) is 15.4. The lowest BCUT2D eigenvalue weighted by Crippen LogP contribution is -2.07. The second kappa shape index (κ2) is 8.38. The van der Waals surface area contributed by atoms with E-state index in [9.17, 15) is 15.2 Å². The topological polar surface area (TPSA) is 117 Å². The first-order valence-corrected chi connectivity index (χ1v) is 9.61. The molecule has 0 fully saturated rings. The lowest BCUT2D eigenvalue weighted by molar-refractivity contribution is -0.385. The van der Waals surface area contributed by atoms with Crippen LogP contribution >= 0.6 is 0 Å². The summed E-state index contributed by atoms with van der Waals surface area (Å²) in [5.41, 5.74) is 3.43. The van der Waals surface area contributed by atoms with E-state index < -0.39 is 10.7 Å². The van der Waals surface area contributed by atoms with Gasteiger partial charge >= 0.3 is 0 Å². The number of hydrogen-bond acceptors (Lipinski definition) is 8. The van der Waals surface area contributed by atoms with Crippen molar-refractivity contribution in [2.75, 3.05) is 26.1 Å². The van der Waals surface area contributed by atoms with Crippen LogP contribution in [-0.4, -0.2) is 37.3 Å². The van der Waals surface area contributed by atoms with E-state index in [0.717, 1.165) is 17.3 Å². The molecule has 0 saturated heterocycles. The summed E-state index contributed by atoms with van der Waals surface area (Å²) in [6.45, 7) is 0. The molecule has 4 aromatic rings. The van der Waals surface area contributed by atoms with E-state index in [4.69, 9.17) is 9.15 Å². The maximum Gasteiger partial charge on any atom is 0.273 e. The summed E-state index contributed by atoms with van der Waals surface area (Å²) in [5.74, 6) is -0.109. The van der Waals surface area contributed by atoms with Crippen molar-refractivity contribution in [1.82, 2.24) is 4.98 Å². The number of nitrogens with zero attached hydrogens (tertiary/aromatic N) is 4. The number of oxazole rings is 1. The number of methoxy groups -OCH3 is 1. The number of rotatable bonds is 6. The Morgan fingerprint density at radius 2 is 1.88 bits per heavy atom. The second-order valence-electron chi connectivity index (χ2n) is 7.19. The van der Waals surface area contributed by atoms with Crippen molar-refractivity contribution in [3.8, 4) is 23.0 Å². The van der Waals surface area contributed by atoms with Crippen LogP contribution < -0.4 is 14.7 Å². The molecule has 0 aliphatic heterocycles. The van der Waals surface area contributed by atoms with Gasteiger partial charge in [0.05, 0.1) is 23.8 Å². The lowest BCUT2D eigenvalue weighted by atomic mass is 10.1. The lowest BCUT2D eigenvalue weighted by Gasteiger charge is -2.14. The van der Waals surface area contributed by atoms with Crippen molar-refractivity contribution in [2.24, 2.45) is 4.99 Å². The summed E-state index contributed by atoms with van der Waals surface area (Å²) in [4.78, 5) is 21.3. The number of aromatic nitrogens is 1. The predicted octanol–water partition coefficient (Wildman–Crippen LogP) is 4.30. The van der Waals surface area contributed by atoms with Crippen LogP contribution in [0.1, 0.15) is 5.56 Å². The summed E-state index contributed by atoms with van der Waals surface area (Å²) in [7, 11) is 5.22. The van der Waals surface area contributed by atoms with Crippen LogP contribution in [-0.2, 0) is 0 Å². The predicted molar refractivity (Wildman–Crippen MR) is 120 cm³/mol. The van der Waals surface area contributed by atoms with Crippen LogP contribution in [0.3, 0.4) is 0 Å². The molecule has 0 aliphatic rings. The molecule has 1 aromatic heterocycles. The molecular formula is C23H19N4O5-. The van der Waals surface area contributed by atoms with Gasteiger partial charge in [-0.05, 0) is 48.0 Å². The van der Waals surface area contributed by atoms with Crippen molar-refractivity contribution >= 4 is 34.4 Å². The van der Waals surface area contributed by atoms with Gasteiger partial charge in [0.25, 0.3) is 5.69 Å². The SMILES string of the molecule is COc1cc([N+](=O)[O-])cc(C=Nc2ccc3oc(-c4ccc(N(C)C)cc4)nc3c2)c1[O-]. The van der Waals surface area contributed by atoms with E-state index in [1.807, 2.05) is 43.3 Å². The highest BCUT2D eigenvalue weighted by Crippen LogP contribution is 2.32. The molecule has 0 unspecified atom stereocenters. The van der Waals surface area contributed by atoms with Gasteiger partial charge < -0.3 is 19.2 Å². The molecule has 1 heterocycles. The summed E-state index contributed by atoms with van der Waals surface area (Å²) >= 11 is 0. The third kappa shape index (κ3) is 4.08. The molecule has 32 heavy (non-hydrogen) atoms. The Kier molecular flexibility index (Phi) is 5.46. The third-order valence-corrected chi connectivity index (χ3v) is 4.85. The Bertz CT molecular complexity index is 1330. The maximum atomic E-state index is 12.4. The van der Waals surface area contributed by atoms with Crippen molar-refractivity contribution in [2.45, 2.75) is 0 Å². The summed E-state index contributed by atoms with van der Waals surface area (Å²) in [6, 6.07) is 15.2. The largest absolute Gasteiger partial charge is 0.870 e. The second-order valence-corrected chi connectivity index (χ2v) is 7.19. The number of ether oxygens (including phenoxy) is 1. The van der Waals surface area contributed by atoms with E-state index >= 15 is 0 Å². The number of nitro groups is 1. The zero-order valence-corrected chi connectivity index (χ0v) is 17.6. The van der Waals surface area contributed by atoms with Gasteiger partial charge in [-0.15, -0.1) is 0 Å². The molecular weight excluding hydrogens is 412 g/mol. The quantitative estimate of drug-likeness (QED) is 0.254. The van der Waals surface area contributed by atoms with Crippen LogP contribution in [0.2, 0.25) is 0 Å². The normalized spacial score (nSPS) is 11.2. The molecule has 0 atom stereocenters. The standard InChI is InChI=1S/C23H20N4O5/c1-26(2)17-7-4-14(5-8-17)23-25-19-11-16(6-9-20(19)32-23)24-13-15-10-18(27(29)30)12-21(31-3)22(15)28/h4-13,28H,1-3H3/p-1. The number of hydrogen-bond donors (Lipinski definition) is 0.